The van der Waals surface area contributed by atoms with Crippen LogP contribution in [0.1, 0.15) is 31.8 Å². The van der Waals surface area contributed by atoms with Gasteiger partial charge in [0.1, 0.15) is 15.6 Å². The van der Waals surface area contributed by atoms with E-state index in [1.807, 2.05) is 0 Å². The van der Waals surface area contributed by atoms with Crippen LogP contribution in [0.5, 0.6) is 0 Å². The van der Waals surface area contributed by atoms with Crippen molar-refractivity contribution in [2.75, 3.05) is 7.11 Å². The number of carbonyl (C=O) groups excluding carboxylic acids is 2. The summed E-state index contributed by atoms with van der Waals surface area (Å²) in [5.74, 6) is -2.08. The highest BCUT2D eigenvalue weighted by molar-refractivity contribution is 9.10. The molecule has 1 N–H and O–H groups in total. The van der Waals surface area contributed by atoms with Gasteiger partial charge in [-0.3, -0.25) is 14.9 Å². The maximum absolute atomic E-state index is 13.4. The topological polar surface area (TPSA) is 84.9 Å². The van der Waals surface area contributed by atoms with Crippen molar-refractivity contribution in [1.82, 2.24) is 15.2 Å². The number of nitrogens with one attached hydrogen (secondary N) is 1. The number of ketones is 1. The minimum atomic E-state index is -4.83. The highest BCUT2D eigenvalue weighted by atomic mass is 79.9. The van der Waals surface area contributed by atoms with Crippen LogP contribution in [-0.4, -0.2) is 34.0 Å². The fourth-order valence-electron chi connectivity index (χ4n) is 2.54. The predicted molar refractivity (Wildman–Crippen MR) is 92.8 cm³/mol. The maximum atomic E-state index is 13.4. The second kappa shape index (κ2) is 6.93. The van der Waals surface area contributed by atoms with Gasteiger partial charge in [-0.1, -0.05) is 17.7 Å². The van der Waals surface area contributed by atoms with Crippen molar-refractivity contribution in [3.63, 3.8) is 0 Å². The summed E-state index contributed by atoms with van der Waals surface area (Å²) in [6, 6.07) is 2.97. The minimum absolute atomic E-state index is 0.0946. The molecule has 6 nitrogen and oxygen atoms in total. The SMILES string of the molecule is COC(=O)c1cnc2c(Br)[nH]nc2c1C(=O)c1c(Cl)cccc1C(F)(F)F. The number of aromatic amines is 1. The summed E-state index contributed by atoms with van der Waals surface area (Å²) in [5.41, 5.74) is -2.68. The molecule has 27 heavy (non-hydrogen) atoms. The lowest BCUT2D eigenvalue weighted by molar-refractivity contribution is -0.137. The van der Waals surface area contributed by atoms with Gasteiger partial charge in [0.15, 0.2) is 5.78 Å². The third kappa shape index (κ3) is 3.30. The molecule has 0 aliphatic rings. The molecule has 11 heteroatoms. The van der Waals surface area contributed by atoms with Crippen LogP contribution in [-0.2, 0) is 10.9 Å². The number of benzene rings is 1. The van der Waals surface area contributed by atoms with Crippen molar-refractivity contribution in [1.29, 1.82) is 0 Å². The van der Waals surface area contributed by atoms with Crippen LogP contribution < -0.4 is 0 Å². The van der Waals surface area contributed by atoms with E-state index in [4.69, 9.17) is 11.6 Å². The molecule has 140 valence electrons. The summed E-state index contributed by atoms with van der Waals surface area (Å²) < 4.78 is 45.1. The van der Waals surface area contributed by atoms with E-state index in [1.54, 1.807) is 0 Å². The van der Waals surface area contributed by atoms with Crippen molar-refractivity contribution in [2.24, 2.45) is 0 Å². The Kier molecular flexibility index (Phi) is 4.96. The molecule has 0 radical (unpaired) electrons. The maximum Gasteiger partial charge on any atom is 0.417 e. The Morgan fingerprint density at radius 1 is 1.22 bits per heavy atom. The molecule has 0 spiro atoms. The second-order valence-corrected chi connectivity index (χ2v) is 6.46. The normalized spacial score (nSPS) is 11.6. The summed E-state index contributed by atoms with van der Waals surface area (Å²) in [4.78, 5) is 29.2. The van der Waals surface area contributed by atoms with Gasteiger partial charge in [0, 0.05) is 6.20 Å². The summed E-state index contributed by atoms with van der Waals surface area (Å²) in [6.07, 6.45) is -3.80. The van der Waals surface area contributed by atoms with Crippen LogP contribution in [0, 0.1) is 0 Å². The molecule has 0 atom stereocenters. The van der Waals surface area contributed by atoms with Crippen LogP contribution in [0.25, 0.3) is 11.0 Å². The Morgan fingerprint density at radius 3 is 2.56 bits per heavy atom. The summed E-state index contributed by atoms with van der Waals surface area (Å²) in [5, 5.41) is 5.98. The lowest BCUT2D eigenvalue weighted by atomic mass is 9.94. The number of hydrogen-bond donors (Lipinski definition) is 1. The fourth-order valence-corrected chi connectivity index (χ4v) is 3.18. The lowest BCUT2D eigenvalue weighted by Gasteiger charge is -2.15. The highest BCUT2D eigenvalue weighted by Gasteiger charge is 2.38. The van der Waals surface area contributed by atoms with Gasteiger partial charge in [0.2, 0.25) is 0 Å². The molecule has 3 aromatic rings. The van der Waals surface area contributed by atoms with Crippen molar-refractivity contribution in [3.8, 4) is 0 Å². The zero-order valence-corrected chi connectivity index (χ0v) is 15.7. The van der Waals surface area contributed by atoms with Gasteiger partial charge in [-0.15, -0.1) is 0 Å². The first-order chi connectivity index (χ1) is 12.7. The number of rotatable bonds is 3. The molecule has 0 unspecified atom stereocenters. The molecular weight excluding hydrogens is 455 g/mol. The number of H-pyrrole nitrogens is 1. The molecule has 0 bridgehead atoms. The molecule has 0 amide bonds. The van der Waals surface area contributed by atoms with E-state index in [1.165, 1.54) is 0 Å². The Labute approximate surface area is 162 Å². The number of alkyl halides is 3. The number of hydrogen-bond acceptors (Lipinski definition) is 5. The fraction of sp³-hybridized carbons (Fsp3) is 0.125. The Morgan fingerprint density at radius 2 is 1.93 bits per heavy atom. The Hall–Kier alpha value is -2.46. The standard InChI is InChI=1S/C16H8BrClF3N3O3/c1-27-15(26)6-5-22-12-11(23-24-14(12)17)9(6)13(25)10-7(16(19,20)21)3-2-4-8(10)18/h2-5H,1H3,(H,23,24). The number of fused-ring (bicyclic) bond motifs is 1. The van der Waals surface area contributed by atoms with Crippen molar-refractivity contribution < 1.29 is 27.5 Å². The van der Waals surface area contributed by atoms with E-state index in [2.05, 4.69) is 35.8 Å². The summed E-state index contributed by atoms with van der Waals surface area (Å²) in [6.45, 7) is 0. The van der Waals surface area contributed by atoms with Crippen LogP contribution in [0.3, 0.4) is 0 Å². The van der Waals surface area contributed by atoms with Crippen LogP contribution in [0.4, 0.5) is 13.2 Å². The first kappa shape index (κ1) is 19.3. The van der Waals surface area contributed by atoms with E-state index in [-0.39, 0.29) is 21.2 Å². The van der Waals surface area contributed by atoms with Crippen molar-refractivity contribution in [3.05, 3.63) is 56.3 Å². The lowest BCUT2D eigenvalue weighted by Crippen LogP contribution is -2.18. The molecule has 2 heterocycles. The molecule has 0 aliphatic carbocycles. The second-order valence-electron chi connectivity index (χ2n) is 5.26. The van der Waals surface area contributed by atoms with Gasteiger partial charge < -0.3 is 4.74 Å². The largest absolute Gasteiger partial charge is 0.465 e. The molecule has 0 fully saturated rings. The number of halogens is 5. The molecule has 0 saturated heterocycles. The molecule has 2 aromatic heterocycles. The van der Waals surface area contributed by atoms with Crippen molar-refractivity contribution >= 4 is 50.3 Å². The number of aromatic nitrogens is 3. The zero-order chi connectivity index (χ0) is 19.9. The van der Waals surface area contributed by atoms with Gasteiger partial charge in [-0.2, -0.15) is 18.3 Å². The predicted octanol–water partition coefficient (Wildman–Crippen LogP) is 4.41. The molecular formula is C16H8BrClF3N3O3. The number of carbonyl (C=O) groups is 2. The van der Waals surface area contributed by atoms with Gasteiger partial charge >= 0.3 is 12.1 Å². The quantitative estimate of drug-likeness (QED) is 0.460. The van der Waals surface area contributed by atoms with E-state index < -0.39 is 39.6 Å². The van der Waals surface area contributed by atoms with Gasteiger partial charge in [0.25, 0.3) is 0 Å². The molecule has 1 aromatic carbocycles. The number of methoxy groups -OCH3 is 1. The average molecular weight is 463 g/mol. The molecule has 3 rings (SSSR count). The number of pyridine rings is 1. The van der Waals surface area contributed by atoms with Crippen molar-refractivity contribution in [2.45, 2.75) is 6.18 Å². The first-order valence-electron chi connectivity index (χ1n) is 7.18. The Bertz CT molecular complexity index is 1080. The number of ether oxygens (including phenoxy) is 1. The van der Waals surface area contributed by atoms with Gasteiger partial charge in [0.05, 0.1) is 34.4 Å². The van der Waals surface area contributed by atoms with E-state index in [0.29, 0.717) is 0 Å². The number of esters is 1. The zero-order valence-electron chi connectivity index (χ0n) is 13.3. The van der Waals surface area contributed by atoms with Crippen LogP contribution >= 0.6 is 27.5 Å². The molecule has 0 saturated carbocycles. The van der Waals surface area contributed by atoms with E-state index in [9.17, 15) is 22.8 Å². The summed E-state index contributed by atoms with van der Waals surface area (Å²) >= 11 is 9.04. The van der Waals surface area contributed by atoms with Crippen LogP contribution in [0.2, 0.25) is 5.02 Å². The average Bonchev–Trinajstić information content (AvgIpc) is 3.00. The molecule has 0 aliphatic heterocycles. The third-order valence-electron chi connectivity index (χ3n) is 3.71. The number of nitrogens with zero attached hydrogens (tertiary/aromatic N) is 2. The van der Waals surface area contributed by atoms with Gasteiger partial charge in [-0.05, 0) is 28.1 Å². The minimum Gasteiger partial charge on any atom is -0.465 e. The van der Waals surface area contributed by atoms with Crippen LogP contribution in [0.15, 0.2) is 29.0 Å². The van der Waals surface area contributed by atoms with E-state index in [0.717, 1.165) is 31.5 Å². The smallest absolute Gasteiger partial charge is 0.417 e. The monoisotopic (exact) mass is 461 g/mol. The highest BCUT2D eigenvalue weighted by Crippen LogP contribution is 2.37. The Balaban J connectivity index is 2.37. The van der Waals surface area contributed by atoms with Gasteiger partial charge in [-0.25, -0.2) is 4.79 Å². The summed E-state index contributed by atoms with van der Waals surface area (Å²) in [7, 11) is 1.07. The van der Waals surface area contributed by atoms with E-state index >= 15 is 0 Å². The first-order valence-corrected chi connectivity index (χ1v) is 8.35. The third-order valence-corrected chi connectivity index (χ3v) is 4.57.